The average Bonchev–Trinajstić information content (AvgIpc) is 2.72. The van der Waals surface area contributed by atoms with Crippen LogP contribution in [0.2, 0.25) is 0 Å². The summed E-state index contributed by atoms with van der Waals surface area (Å²) in [6.07, 6.45) is 1.39. The molecule has 6 heteroatoms. The van der Waals surface area contributed by atoms with E-state index >= 15 is 0 Å². The second-order valence-electron chi connectivity index (χ2n) is 4.76. The highest BCUT2D eigenvalue weighted by Gasteiger charge is 2.21. The highest BCUT2D eigenvalue weighted by Crippen LogP contribution is 2.29. The number of piperidine rings is 1. The first-order chi connectivity index (χ1) is 8.58. The van der Waals surface area contributed by atoms with E-state index in [0.717, 1.165) is 28.8 Å². The molecule has 1 unspecified atom stereocenters. The number of anilines is 1. The summed E-state index contributed by atoms with van der Waals surface area (Å²) in [4.78, 5) is 7.63. The van der Waals surface area contributed by atoms with Gasteiger partial charge in [-0.25, -0.2) is 13.8 Å². The monoisotopic (exact) mass is 275 g/mol. The molecule has 18 heavy (non-hydrogen) atoms. The fourth-order valence-corrected chi connectivity index (χ4v) is 3.31. The Balaban J connectivity index is 2.06. The zero-order valence-electron chi connectivity index (χ0n) is 10.5. The largest absolute Gasteiger partial charge is 0.348 e. The zero-order valence-corrected chi connectivity index (χ0v) is 11.3. The van der Waals surface area contributed by atoms with Gasteiger partial charge in [0.1, 0.15) is 0 Å². The molecule has 1 aromatic heterocycles. The number of aromatic nitrogens is 1. The number of halogens is 2. The molecule has 0 bridgehead atoms. The summed E-state index contributed by atoms with van der Waals surface area (Å²) in [6, 6.07) is -1.08. The van der Waals surface area contributed by atoms with Gasteiger partial charge in [-0.05, 0) is 26.2 Å². The molecule has 1 atom stereocenters. The van der Waals surface area contributed by atoms with E-state index in [2.05, 4.69) is 9.88 Å². The Labute approximate surface area is 110 Å². The number of nitrogens with two attached hydrogens (primary N) is 1. The number of aryl methyl sites for hydroxylation is 1. The first-order valence-corrected chi connectivity index (χ1v) is 7.14. The molecule has 2 heterocycles. The Bertz CT molecular complexity index is 389. The lowest BCUT2D eigenvalue weighted by atomic mass is 10.1. The second-order valence-corrected chi connectivity index (χ2v) is 5.82. The summed E-state index contributed by atoms with van der Waals surface area (Å²) in [5.41, 5.74) is 6.26. The van der Waals surface area contributed by atoms with Crippen molar-refractivity contribution in [1.29, 1.82) is 0 Å². The summed E-state index contributed by atoms with van der Waals surface area (Å²) in [5.74, 6) is 0. The zero-order chi connectivity index (χ0) is 13.1. The second kappa shape index (κ2) is 5.93. The van der Waals surface area contributed by atoms with E-state index in [1.165, 1.54) is 30.6 Å². The maximum atomic E-state index is 12.5. The van der Waals surface area contributed by atoms with Crippen LogP contribution in [0.5, 0.6) is 0 Å². The molecule has 0 spiro atoms. The molecule has 0 aromatic carbocycles. The summed E-state index contributed by atoms with van der Waals surface area (Å²) in [7, 11) is 0. The van der Waals surface area contributed by atoms with E-state index < -0.39 is 12.5 Å². The lowest BCUT2D eigenvalue weighted by molar-refractivity contribution is 0.116. The summed E-state index contributed by atoms with van der Waals surface area (Å²) >= 11 is 1.51. The van der Waals surface area contributed by atoms with Crippen LogP contribution in [0.25, 0.3) is 0 Å². The van der Waals surface area contributed by atoms with Crippen LogP contribution in [0.15, 0.2) is 0 Å². The number of alkyl halides is 2. The molecule has 0 saturated carbocycles. The smallest absolute Gasteiger partial charge is 0.253 e. The van der Waals surface area contributed by atoms with Crippen molar-refractivity contribution in [2.45, 2.75) is 45.1 Å². The first-order valence-electron chi connectivity index (χ1n) is 6.33. The van der Waals surface area contributed by atoms with E-state index in [-0.39, 0.29) is 6.42 Å². The van der Waals surface area contributed by atoms with Gasteiger partial charge in [0.25, 0.3) is 6.43 Å². The van der Waals surface area contributed by atoms with Gasteiger partial charge >= 0.3 is 0 Å². The summed E-state index contributed by atoms with van der Waals surface area (Å²) in [5, 5.41) is 0.962. The van der Waals surface area contributed by atoms with E-state index in [0.29, 0.717) is 0 Å². The lowest BCUT2D eigenvalue weighted by Gasteiger charge is -2.25. The molecular weight excluding hydrogens is 256 g/mol. The fraction of sp³-hybridized carbons (Fsp3) is 0.750. The van der Waals surface area contributed by atoms with Crippen LogP contribution < -0.4 is 10.6 Å². The Morgan fingerprint density at radius 2 is 2.00 bits per heavy atom. The Hall–Kier alpha value is -0.750. The third kappa shape index (κ3) is 3.17. The molecule has 102 valence electrons. The van der Waals surface area contributed by atoms with Gasteiger partial charge in [-0.1, -0.05) is 0 Å². The van der Waals surface area contributed by atoms with Gasteiger partial charge in [0.15, 0.2) is 5.13 Å². The molecule has 1 aliphatic heterocycles. The van der Waals surface area contributed by atoms with Crippen molar-refractivity contribution in [1.82, 2.24) is 4.98 Å². The van der Waals surface area contributed by atoms with Gasteiger partial charge in [0.2, 0.25) is 0 Å². The van der Waals surface area contributed by atoms with Crippen molar-refractivity contribution in [2.24, 2.45) is 5.73 Å². The minimum Gasteiger partial charge on any atom is -0.348 e. The molecule has 1 aliphatic rings. The first kappa shape index (κ1) is 13.7. The molecular formula is C12H19F2N3S. The van der Waals surface area contributed by atoms with Gasteiger partial charge in [0.05, 0.1) is 11.7 Å². The van der Waals surface area contributed by atoms with Crippen LogP contribution in [0, 0.1) is 6.92 Å². The third-order valence-corrected chi connectivity index (χ3v) is 4.49. The molecule has 0 aliphatic carbocycles. The quantitative estimate of drug-likeness (QED) is 0.918. The molecule has 1 aromatic rings. The molecule has 2 N–H and O–H groups in total. The minimum atomic E-state index is -2.47. The van der Waals surface area contributed by atoms with Gasteiger partial charge in [-0.3, -0.25) is 0 Å². The number of hydrogen-bond acceptors (Lipinski definition) is 4. The maximum Gasteiger partial charge on any atom is 0.253 e. The van der Waals surface area contributed by atoms with Crippen LogP contribution in [-0.4, -0.2) is 30.5 Å². The molecule has 1 fully saturated rings. The predicted octanol–water partition coefficient (Wildman–Crippen LogP) is 2.58. The molecule has 3 nitrogen and oxygen atoms in total. The van der Waals surface area contributed by atoms with Crippen molar-refractivity contribution in [2.75, 3.05) is 18.0 Å². The number of thiazole rings is 1. The van der Waals surface area contributed by atoms with E-state index in [9.17, 15) is 8.78 Å². The van der Waals surface area contributed by atoms with Gasteiger partial charge in [-0.2, -0.15) is 0 Å². The van der Waals surface area contributed by atoms with Crippen molar-refractivity contribution in [3.63, 3.8) is 0 Å². The molecule has 0 amide bonds. The maximum absolute atomic E-state index is 12.5. The topological polar surface area (TPSA) is 42.2 Å². The van der Waals surface area contributed by atoms with Gasteiger partial charge in [-0.15, -0.1) is 11.3 Å². The predicted molar refractivity (Wildman–Crippen MR) is 70.6 cm³/mol. The van der Waals surface area contributed by atoms with E-state index in [1.807, 2.05) is 6.92 Å². The van der Waals surface area contributed by atoms with Crippen LogP contribution in [0.3, 0.4) is 0 Å². The van der Waals surface area contributed by atoms with Crippen LogP contribution >= 0.6 is 11.3 Å². The van der Waals surface area contributed by atoms with Crippen molar-refractivity contribution in [3.8, 4) is 0 Å². The number of hydrogen-bond donors (Lipinski definition) is 1. The molecule has 1 saturated heterocycles. The summed E-state index contributed by atoms with van der Waals surface area (Å²) in [6.45, 7) is 3.91. The molecule has 2 rings (SSSR count). The van der Waals surface area contributed by atoms with Crippen molar-refractivity contribution >= 4 is 16.5 Å². The fourth-order valence-electron chi connectivity index (χ4n) is 2.13. The number of nitrogens with zero attached hydrogens (tertiary/aromatic N) is 2. The lowest BCUT2D eigenvalue weighted by Crippen LogP contribution is -2.30. The van der Waals surface area contributed by atoms with Crippen LogP contribution in [0.1, 0.15) is 29.8 Å². The Kier molecular flexibility index (Phi) is 4.50. The SMILES string of the molecule is Cc1nc(N2CCCCC2)sc1CC(N)C(F)F. The molecule has 0 radical (unpaired) electrons. The highest BCUT2D eigenvalue weighted by atomic mass is 32.1. The van der Waals surface area contributed by atoms with Gasteiger partial charge < -0.3 is 10.6 Å². The van der Waals surface area contributed by atoms with Crippen molar-refractivity contribution < 1.29 is 8.78 Å². The van der Waals surface area contributed by atoms with E-state index in [4.69, 9.17) is 5.73 Å². The van der Waals surface area contributed by atoms with Crippen LogP contribution in [-0.2, 0) is 6.42 Å². The minimum absolute atomic E-state index is 0.217. The van der Waals surface area contributed by atoms with E-state index in [1.54, 1.807) is 0 Å². The van der Waals surface area contributed by atoms with Crippen LogP contribution in [0.4, 0.5) is 13.9 Å². The normalized spacial score (nSPS) is 18.4. The Morgan fingerprint density at radius 1 is 1.33 bits per heavy atom. The average molecular weight is 275 g/mol. The third-order valence-electron chi connectivity index (χ3n) is 3.25. The Morgan fingerprint density at radius 3 is 2.61 bits per heavy atom. The standard InChI is InChI=1S/C12H19F2N3S/c1-8-10(7-9(15)11(13)14)18-12(16-8)17-5-3-2-4-6-17/h9,11H,2-7,15H2,1H3. The summed E-state index contributed by atoms with van der Waals surface area (Å²) < 4.78 is 24.9. The van der Waals surface area contributed by atoms with Gasteiger partial charge in [0, 0.05) is 24.4 Å². The number of rotatable bonds is 4. The highest BCUT2D eigenvalue weighted by molar-refractivity contribution is 7.15. The van der Waals surface area contributed by atoms with Crippen molar-refractivity contribution in [3.05, 3.63) is 10.6 Å².